The summed E-state index contributed by atoms with van der Waals surface area (Å²) < 4.78 is 13.3. The molecule has 2 N–H and O–H groups in total. The van der Waals surface area contributed by atoms with E-state index in [1.165, 1.54) is 17.3 Å². The molecule has 0 bridgehead atoms. The lowest BCUT2D eigenvalue weighted by atomic mass is 10.0. The van der Waals surface area contributed by atoms with Crippen LogP contribution in [-0.4, -0.2) is 24.3 Å². The lowest BCUT2D eigenvalue weighted by Gasteiger charge is -2.34. The number of para-hydroxylation sites is 1. The van der Waals surface area contributed by atoms with Gasteiger partial charge in [0.25, 0.3) is 0 Å². The zero-order valence-corrected chi connectivity index (χ0v) is 14.4. The lowest BCUT2D eigenvalue weighted by Crippen LogP contribution is -2.36. The monoisotopic (exact) mass is 348 g/mol. The summed E-state index contributed by atoms with van der Waals surface area (Å²) in [5, 5.41) is 13.2. The van der Waals surface area contributed by atoms with Gasteiger partial charge in [0.15, 0.2) is 0 Å². The Labute approximate surface area is 147 Å². The maximum absolute atomic E-state index is 13.3. The van der Waals surface area contributed by atoms with Gasteiger partial charge in [0.1, 0.15) is 5.82 Å². The normalized spacial score (nSPS) is 16.9. The summed E-state index contributed by atoms with van der Waals surface area (Å²) in [6.45, 7) is 3.79. The second-order valence-corrected chi connectivity index (χ2v) is 6.68. The predicted octanol–water partition coefficient (Wildman–Crippen LogP) is 4.61. The van der Waals surface area contributed by atoms with Crippen molar-refractivity contribution in [1.29, 1.82) is 0 Å². The molecule has 3 rings (SSSR count). The van der Waals surface area contributed by atoms with E-state index in [0.717, 1.165) is 31.6 Å². The molecule has 2 aromatic rings. The van der Waals surface area contributed by atoms with Gasteiger partial charge < -0.3 is 15.3 Å². The maximum Gasteiger partial charge on any atom is 0.141 e. The fraction of sp³-hybridized carbons (Fsp3) is 0.368. The van der Waals surface area contributed by atoms with E-state index in [9.17, 15) is 9.50 Å². The SMILES string of the molecule is CC(Nc1ccc(F)c(Cl)c1)c1ccccc1N1CCC(O)CC1. The number of benzene rings is 2. The molecule has 1 heterocycles. The van der Waals surface area contributed by atoms with Crippen LogP contribution < -0.4 is 10.2 Å². The zero-order valence-electron chi connectivity index (χ0n) is 13.7. The Bertz CT molecular complexity index is 702. The molecule has 1 unspecified atom stereocenters. The molecule has 2 aromatic carbocycles. The first-order chi connectivity index (χ1) is 11.5. The third-order valence-electron chi connectivity index (χ3n) is 4.51. The van der Waals surface area contributed by atoms with Crippen LogP contribution in [0.3, 0.4) is 0 Å². The van der Waals surface area contributed by atoms with Gasteiger partial charge in [-0.05, 0) is 49.6 Å². The molecule has 3 nitrogen and oxygen atoms in total. The van der Waals surface area contributed by atoms with Crippen LogP contribution in [0, 0.1) is 5.82 Å². The van der Waals surface area contributed by atoms with Crippen molar-refractivity contribution in [1.82, 2.24) is 0 Å². The van der Waals surface area contributed by atoms with Crippen molar-refractivity contribution < 1.29 is 9.50 Å². The minimum absolute atomic E-state index is 0.0505. The number of aliphatic hydroxyl groups is 1. The first kappa shape index (κ1) is 17.1. The summed E-state index contributed by atoms with van der Waals surface area (Å²) in [4.78, 5) is 2.32. The molecular formula is C19H22ClFN2O. The fourth-order valence-electron chi connectivity index (χ4n) is 3.16. The van der Waals surface area contributed by atoms with Crippen molar-refractivity contribution in [2.24, 2.45) is 0 Å². The third kappa shape index (κ3) is 3.82. The first-order valence-corrected chi connectivity index (χ1v) is 8.66. The quantitative estimate of drug-likeness (QED) is 0.846. The number of nitrogens with one attached hydrogen (secondary N) is 1. The average molecular weight is 349 g/mol. The van der Waals surface area contributed by atoms with Crippen LogP contribution in [0.2, 0.25) is 5.02 Å². The van der Waals surface area contributed by atoms with Gasteiger partial charge in [0, 0.05) is 24.5 Å². The molecule has 0 aliphatic carbocycles. The second-order valence-electron chi connectivity index (χ2n) is 6.27. The van der Waals surface area contributed by atoms with Crippen molar-refractivity contribution in [2.75, 3.05) is 23.3 Å². The Morgan fingerprint density at radius 3 is 2.62 bits per heavy atom. The van der Waals surface area contributed by atoms with E-state index >= 15 is 0 Å². The third-order valence-corrected chi connectivity index (χ3v) is 4.80. The van der Waals surface area contributed by atoms with E-state index in [1.54, 1.807) is 12.1 Å². The topological polar surface area (TPSA) is 35.5 Å². The van der Waals surface area contributed by atoms with E-state index in [2.05, 4.69) is 29.3 Å². The highest BCUT2D eigenvalue weighted by molar-refractivity contribution is 6.31. The Balaban J connectivity index is 1.79. The van der Waals surface area contributed by atoms with E-state index in [4.69, 9.17) is 11.6 Å². The van der Waals surface area contributed by atoms with Crippen LogP contribution in [-0.2, 0) is 0 Å². The van der Waals surface area contributed by atoms with Crippen molar-refractivity contribution in [3.63, 3.8) is 0 Å². The molecule has 5 heteroatoms. The summed E-state index contributed by atoms with van der Waals surface area (Å²) in [6, 6.07) is 13.0. The number of anilines is 2. The Kier molecular flexibility index (Phi) is 5.27. The van der Waals surface area contributed by atoms with E-state index in [-0.39, 0.29) is 17.2 Å². The highest BCUT2D eigenvalue weighted by Gasteiger charge is 2.21. The fourth-order valence-corrected chi connectivity index (χ4v) is 3.34. The highest BCUT2D eigenvalue weighted by atomic mass is 35.5. The summed E-state index contributed by atoms with van der Waals surface area (Å²) in [6.07, 6.45) is 1.40. The van der Waals surface area contributed by atoms with Crippen molar-refractivity contribution in [3.8, 4) is 0 Å². The minimum atomic E-state index is -0.415. The Morgan fingerprint density at radius 1 is 1.21 bits per heavy atom. The number of halogens is 2. The van der Waals surface area contributed by atoms with Crippen molar-refractivity contribution in [3.05, 3.63) is 58.9 Å². The van der Waals surface area contributed by atoms with Crippen LogP contribution in [0.4, 0.5) is 15.8 Å². The molecule has 1 aliphatic rings. The average Bonchev–Trinajstić information content (AvgIpc) is 2.59. The zero-order chi connectivity index (χ0) is 17.1. The number of piperidine rings is 1. The minimum Gasteiger partial charge on any atom is -0.393 e. The molecular weight excluding hydrogens is 327 g/mol. The Morgan fingerprint density at radius 2 is 1.92 bits per heavy atom. The Hall–Kier alpha value is -1.78. The van der Waals surface area contributed by atoms with Crippen LogP contribution >= 0.6 is 11.6 Å². The molecule has 128 valence electrons. The molecule has 1 aliphatic heterocycles. The van der Waals surface area contributed by atoms with Gasteiger partial charge in [-0.1, -0.05) is 29.8 Å². The lowest BCUT2D eigenvalue weighted by molar-refractivity contribution is 0.145. The number of nitrogens with zero attached hydrogens (tertiary/aromatic N) is 1. The van der Waals surface area contributed by atoms with Gasteiger partial charge in [-0.2, -0.15) is 0 Å². The summed E-state index contributed by atoms with van der Waals surface area (Å²) in [7, 11) is 0. The van der Waals surface area contributed by atoms with Gasteiger partial charge in [0.05, 0.1) is 17.2 Å². The molecule has 24 heavy (non-hydrogen) atoms. The van der Waals surface area contributed by atoms with Crippen molar-refractivity contribution >= 4 is 23.0 Å². The number of aliphatic hydroxyl groups excluding tert-OH is 1. The number of hydrogen-bond acceptors (Lipinski definition) is 3. The van der Waals surface area contributed by atoms with Crippen LogP contribution in [0.25, 0.3) is 0 Å². The van der Waals surface area contributed by atoms with Gasteiger partial charge >= 0.3 is 0 Å². The van der Waals surface area contributed by atoms with Gasteiger partial charge in [-0.25, -0.2) is 4.39 Å². The summed E-state index contributed by atoms with van der Waals surface area (Å²) >= 11 is 5.86. The molecule has 1 fully saturated rings. The molecule has 1 saturated heterocycles. The largest absolute Gasteiger partial charge is 0.393 e. The maximum atomic E-state index is 13.3. The van der Waals surface area contributed by atoms with Gasteiger partial charge in [0.2, 0.25) is 0 Å². The second kappa shape index (κ2) is 7.41. The summed E-state index contributed by atoms with van der Waals surface area (Å²) in [5.41, 5.74) is 3.14. The molecule has 1 atom stereocenters. The van der Waals surface area contributed by atoms with E-state index in [1.807, 2.05) is 12.1 Å². The molecule has 0 radical (unpaired) electrons. The smallest absolute Gasteiger partial charge is 0.141 e. The van der Waals surface area contributed by atoms with E-state index < -0.39 is 5.82 Å². The van der Waals surface area contributed by atoms with Crippen molar-refractivity contribution in [2.45, 2.75) is 31.9 Å². The molecule has 0 saturated carbocycles. The first-order valence-electron chi connectivity index (χ1n) is 8.28. The van der Waals surface area contributed by atoms with E-state index in [0.29, 0.717) is 0 Å². The molecule has 0 spiro atoms. The number of hydrogen-bond donors (Lipinski definition) is 2. The van der Waals surface area contributed by atoms with Crippen LogP contribution in [0.15, 0.2) is 42.5 Å². The van der Waals surface area contributed by atoms with Gasteiger partial charge in [-0.3, -0.25) is 0 Å². The van der Waals surface area contributed by atoms with Gasteiger partial charge in [-0.15, -0.1) is 0 Å². The molecule has 0 aromatic heterocycles. The standard InChI is InChI=1S/C19H22ClFN2O/c1-13(22-14-6-7-18(21)17(20)12-14)16-4-2-3-5-19(16)23-10-8-15(24)9-11-23/h2-7,12-13,15,22,24H,8-11H2,1H3. The van der Waals surface area contributed by atoms with Crippen LogP contribution in [0.1, 0.15) is 31.4 Å². The number of rotatable bonds is 4. The van der Waals surface area contributed by atoms with Crippen LogP contribution in [0.5, 0.6) is 0 Å². The highest BCUT2D eigenvalue weighted by Crippen LogP contribution is 2.31. The molecule has 0 amide bonds. The summed E-state index contributed by atoms with van der Waals surface area (Å²) in [5.74, 6) is -0.415. The predicted molar refractivity (Wildman–Crippen MR) is 97.3 cm³/mol.